The van der Waals surface area contributed by atoms with Crippen LogP contribution in [0.4, 0.5) is 11.4 Å². The van der Waals surface area contributed by atoms with Crippen molar-refractivity contribution < 1.29 is 14.3 Å². The summed E-state index contributed by atoms with van der Waals surface area (Å²) in [4.78, 5) is 25.7. The molecule has 1 atom stereocenters. The summed E-state index contributed by atoms with van der Waals surface area (Å²) in [6.07, 6.45) is 1.48. The molecule has 5 heteroatoms. The van der Waals surface area contributed by atoms with Gasteiger partial charge in [-0.05, 0) is 43.2 Å². The van der Waals surface area contributed by atoms with Crippen LogP contribution in [0.1, 0.15) is 25.3 Å². The topological polar surface area (TPSA) is 58.6 Å². The molecule has 0 aliphatic carbocycles. The lowest BCUT2D eigenvalue weighted by molar-refractivity contribution is -0.121. The van der Waals surface area contributed by atoms with Crippen LogP contribution in [-0.4, -0.2) is 24.5 Å². The van der Waals surface area contributed by atoms with E-state index in [9.17, 15) is 9.59 Å². The Bertz CT molecular complexity index is 728. The third-order valence-electron chi connectivity index (χ3n) is 4.26. The van der Waals surface area contributed by atoms with E-state index in [1.54, 1.807) is 0 Å². The van der Waals surface area contributed by atoms with E-state index in [-0.39, 0.29) is 24.5 Å². The van der Waals surface area contributed by atoms with Gasteiger partial charge >= 0.3 is 0 Å². The van der Waals surface area contributed by atoms with Crippen molar-refractivity contribution in [3.8, 4) is 0 Å². The number of anilines is 2. The molecular formula is C20H22N2O3. The zero-order valence-corrected chi connectivity index (χ0v) is 14.3. The van der Waals surface area contributed by atoms with Gasteiger partial charge in [0.05, 0.1) is 6.61 Å². The number of amides is 2. The van der Waals surface area contributed by atoms with Gasteiger partial charge in [0, 0.05) is 23.8 Å². The summed E-state index contributed by atoms with van der Waals surface area (Å²) in [6, 6.07) is 17.3. The highest BCUT2D eigenvalue weighted by atomic mass is 16.5. The molecule has 1 aliphatic rings. The molecule has 1 fully saturated rings. The molecule has 1 saturated heterocycles. The van der Waals surface area contributed by atoms with Crippen molar-refractivity contribution in [1.82, 2.24) is 0 Å². The van der Waals surface area contributed by atoms with Crippen LogP contribution in [0.2, 0.25) is 0 Å². The molecule has 25 heavy (non-hydrogen) atoms. The number of nitrogens with one attached hydrogen (secondary N) is 1. The summed E-state index contributed by atoms with van der Waals surface area (Å²) < 4.78 is 5.42. The fourth-order valence-electron chi connectivity index (χ4n) is 2.96. The lowest BCUT2D eigenvalue weighted by atomic mass is 10.2. The molecular weight excluding hydrogens is 316 g/mol. The van der Waals surface area contributed by atoms with Crippen molar-refractivity contribution in [2.24, 2.45) is 0 Å². The number of carbonyl (C=O) groups excluding carboxylic acids is 2. The van der Waals surface area contributed by atoms with Gasteiger partial charge in [-0.25, -0.2) is 0 Å². The highest BCUT2D eigenvalue weighted by molar-refractivity contribution is 5.97. The van der Waals surface area contributed by atoms with E-state index < -0.39 is 0 Å². The van der Waals surface area contributed by atoms with Gasteiger partial charge in [0.15, 0.2) is 0 Å². The maximum Gasteiger partial charge on any atom is 0.250 e. The second-order valence-corrected chi connectivity index (χ2v) is 6.22. The van der Waals surface area contributed by atoms with Crippen molar-refractivity contribution in [2.75, 3.05) is 16.8 Å². The molecule has 2 aromatic rings. The van der Waals surface area contributed by atoms with Gasteiger partial charge in [0.2, 0.25) is 11.8 Å². The summed E-state index contributed by atoms with van der Waals surface area (Å²) in [5.41, 5.74) is 2.59. The van der Waals surface area contributed by atoms with E-state index in [0.29, 0.717) is 18.7 Å². The molecule has 0 radical (unpaired) electrons. The smallest absolute Gasteiger partial charge is 0.250 e. The van der Waals surface area contributed by atoms with Crippen LogP contribution in [0, 0.1) is 0 Å². The maximum atomic E-state index is 11.9. The predicted molar refractivity (Wildman–Crippen MR) is 97.4 cm³/mol. The van der Waals surface area contributed by atoms with Gasteiger partial charge in [-0.1, -0.05) is 30.3 Å². The van der Waals surface area contributed by atoms with Gasteiger partial charge < -0.3 is 15.0 Å². The normalized spacial score (nSPS) is 16.9. The third kappa shape index (κ3) is 4.45. The molecule has 0 spiro atoms. The Morgan fingerprint density at radius 2 is 1.88 bits per heavy atom. The molecule has 5 nitrogen and oxygen atoms in total. The molecule has 0 aromatic heterocycles. The fraction of sp³-hybridized carbons (Fsp3) is 0.300. The SMILES string of the molecule is CC1CCC(=O)N1c1ccc(NC(=O)COCc2ccccc2)cc1. The number of ether oxygens (including phenoxy) is 1. The molecule has 1 aliphatic heterocycles. The fourth-order valence-corrected chi connectivity index (χ4v) is 2.96. The predicted octanol–water partition coefficient (Wildman–Crippen LogP) is 3.36. The molecule has 2 amide bonds. The van der Waals surface area contributed by atoms with Gasteiger partial charge in [-0.2, -0.15) is 0 Å². The van der Waals surface area contributed by atoms with Crippen LogP contribution < -0.4 is 10.2 Å². The highest BCUT2D eigenvalue weighted by Crippen LogP contribution is 2.27. The van der Waals surface area contributed by atoms with Gasteiger partial charge in [-0.3, -0.25) is 9.59 Å². The van der Waals surface area contributed by atoms with Crippen LogP contribution in [0.3, 0.4) is 0 Å². The summed E-state index contributed by atoms with van der Waals surface area (Å²) in [5, 5.41) is 2.80. The molecule has 1 unspecified atom stereocenters. The standard InChI is InChI=1S/C20H22N2O3/c1-15-7-12-20(24)22(15)18-10-8-17(9-11-18)21-19(23)14-25-13-16-5-3-2-4-6-16/h2-6,8-11,15H,7,12-14H2,1H3,(H,21,23). The van der Waals surface area contributed by atoms with E-state index in [1.165, 1.54) is 0 Å². The number of hydrogen-bond acceptors (Lipinski definition) is 3. The highest BCUT2D eigenvalue weighted by Gasteiger charge is 2.28. The minimum Gasteiger partial charge on any atom is -0.367 e. The summed E-state index contributed by atoms with van der Waals surface area (Å²) in [6.45, 7) is 2.45. The molecule has 2 aromatic carbocycles. The third-order valence-corrected chi connectivity index (χ3v) is 4.26. The zero-order valence-electron chi connectivity index (χ0n) is 14.3. The quantitative estimate of drug-likeness (QED) is 0.879. The average molecular weight is 338 g/mol. The summed E-state index contributed by atoms with van der Waals surface area (Å²) in [5.74, 6) is -0.0482. The molecule has 0 saturated carbocycles. The first kappa shape index (κ1) is 17.2. The van der Waals surface area contributed by atoms with Gasteiger partial charge in [-0.15, -0.1) is 0 Å². The number of hydrogen-bond donors (Lipinski definition) is 1. The molecule has 3 rings (SSSR count). The van der Waals surface area contributed by atoms with Crippen molar-refractivity contribution in [1.29, 1.82) is 0 Å². The van der Waals surface area contributed by atoms with E-state index in [1.807, 2.05) is 66.4 Å². The first-order valence-corrected chi connectivity index (χ1v) is 8.47. The first-order chi connectivity index (χ1) is 12.1. The molecule has 1 heterocycles. The largest absolute Gasteiger partial charge is 0.367 e. The molecule has 1 N–H and O–H groups in total. The number of rotatable bonds is 6. The Hall–Kier alpha value is -2.66. The van der Waals surface area contributed by atoms with Crippen LogP contribution in [0.5, 0.6) is 0 Å². The summed E-state index contributed by atoms with van der Waals surface area (Å²) in [7, 11) is 0. The van der Waals surface area contributed by atoms with Crippen LogP contribution in [0.15, 0.2) is 54.6 Å². The van der Waals surface area contributed by atoms with Crippen LogP contribution in [-0.2, 0) is 20.9 Å². The van der Waals surface area contributed by atoms with Crippen LogP contribution in [0.25, 0.3) is 0 Å². The van der Waals surface area contributed by atoms with Crippen molar-refractivity contribution in [3.63, 3.8) is 0 Å². The Kier molecular flexibility index (Phi) is 5.46. The lowest BCUT2D eigenvalue weighted by Gasteiger charge is -2.21. The van der Waals surface area contributed by atoms with Crippen molar-refractivity contribution in [3.05, 3.63) is 60.2 Å². The Labute approximate surface area is 147 Å². The molecule has 130 valence electrons. The first-order valence-electron chi connectivity index (χ1n) is 8.47. The number of carbonyl (C=O) groups is 2. The van der Waals surface area contributed by atoms with Crippen LogP contribution >= 0.6 is 0 Å². The van der Waals surface area contributed by atoms with E-state index in [2.05, 4.69) is 5.32 Å². The Balaban J connectivity index is 1.49. The Morgan fingerprint density at radius 1 is 1.16 bits per heavy atom. The second kappa shape index (κ2) is 7.94. The number of benzene rings is 2. The van der Waals surface area contributed by atoms with E-state index in [0.717, 1.165) is 17.7 Å². The molecule has 0 bridgehead atoms. The van der Waals surface area contributed by atoms with E-state index >= 15 is 0 Å². The van der Waals surface area contributed by atoms with Gasteiger partial charge in [0.1, 0.15) is 6.61 Å². The summed E-state index contributed by atoms with van der Waals surface area (Å²) >= 11 is 0. The minimum absolute atomic E-state index is 0.00170. The number of nitrogens with zero attached hydrogens (tertiary/aromatic N) is 1. The monoisotopic (exact) mass is 338 g/mol. The average Bonchev–Trinajstić information content (AvgIpc) is 2.95. The lowest BCUT2D eigenvalue weighted by Crippen LogP contribution is -2.30. The zero-order chi connectivity index (χ0) is 17.6. The van der Waals surface area contributed by atoms with Gasteiger partial charge in [0.25, 0.3) is 0 Å². The Morgan fingerprint density at radius 3 is 2.52 bits per heavy atom. The van der Waals surface area contributed by atoms with Crippen molar-refractivity contribution >= 4 is 23.2 Å². The minimum atomic E-state index is -0.200. The maximum absolute atomic E-state index is 11.9. The second-order valence-electron chi connectivity index (χ2n) is 6.22. The van der Waals surface area contributed by atoms with E-state index in [4.69, 9.17) is 4.74 Å². The van der Waals surface area contributed by atoms with Crippen molar-refractivity contribution in [2.45, 2.75) is 32.4 Å².